The van der Waals surface area contributed by atoms with Crippen molar-refractivity contribution in [3.05, 3.63) is 34.2 Å². The Balaban J connectivity index is 2.11. The van der Waals surface area contributed by atoms with Gasteiger partial charge in [-0.25, -0.2) is 0 Å². The molecule has 0 aromatic carbocycles. The van der Waals surface area contributed by atoms with Crippen LogP contribution in [-0.2, 0) is 11.3 Å². The van der Waals surface area contributed by atoms with Gasteiger partial charge in [0.25, 0.3) is 5.56 Å². The summed E-state index contributed by atoms with van der Waals surface area (Å²) in [6.45, 7) is 1.39. The second-order valence-corrected chi connectivity index (χ2v) is 4.33. The summed E-state index contributed by atoms with van der Waals surface area (Å²) in [5, 5.41) is 11.5. The van der Waals surface area contributed by atoms with Crippen molar-refractivity contribution < 1.29 is 9.94 Å². The van der Waals surface area contributed by atoms with Crippen LogP contribution in [0.15, 0.2) is 28.3 Å². The van der Waals surface area contributed by atoms with E-state index in [0.717, 1.165) is 25.9 Å². The molecule has 3 N–H and O–H groups in total. The maximum absolute atomic E-state index is 12.0. The lowest BCUT2D eigenvalue weighted by Crippen LogP contribution is -2.30. The van der Waals surface area contributed by atoms with Crippen LogP contribution in [0.25, 0.3) is 0 Å². The molecule has 0 amide bonds. The Morgan fingerprint density at radius 3 is 3.17 bits per heavy atom. The molecule has 1 atom stereocenters. The third-order valence-electron chi connectivity index (χ3n) is 3.12. The molecule has 1 aromatic heterocycles. The molecule has 1 fully saturated rings. The van der Waals surface area contributed by atoms with E-state index < -0.39 is 0 Å². The van der Waals surface area contributed by atoms with Crippen molar-refractivity contribution in [1.29, 1.82) is 0 Å². The van der Waals surface area contributed by atoms with E-state index in [1.165, 1.54) is 0 Å². The summed E-state index contributed by atoms with van der Waals surface area (Å²) < 4.78 is 7.07. The monoisotopic (exact) mass is 251 g/mol. The van der Waals surface area contributed by atoms with Crippen LogP contribution in [-0.4, -0.2) is 28.3 Å². The quantitative estimate of drug-likeness (QED) is 0.353. The van der Waals surface area contributed by atoms with Crippen LogP contribution in [0.1, 0.15) is 24.8 Å². The molecular weight excluding hydrogens is 234 g/mol. The van der Waals surface area contributed by atoms with Crippen LogP contribution in [0, 0.1) is 0 Å². The Morgan fingerprint density at radius 1 is 1.67 bits per heavy atom. The first-order valence-electron chi connectivity index (χ1n) is 6.01. The van der Waals surface area contributed by atoms with Crippen LogP contribution < -0.4 is 11.3 Å². The van der Waals surface area contributed by atoms with E-state index in [9.17, 15) is 4.79 Å². The van der Waals surface area contributed by atoms with Gasteiger partial charge < -0.3 is 20.2 Å². The van der Waals surface area contributed by atoms with Crippen molar-refractivity contribution >= 4 is 5.84 Å². The highest BCUT2D eigenvalue weighted by atomic mass is 16.5. The molecule has 0 bridgehead atoms. The molecule has 0 spiro atoms. The highest BCUT2D eigenvalue weighted by molar-refractivity contribution is 5.96. The van der Waals surface area contributed by atoms with Gasteiger partial charge in [-0.15, -0.1) is 0 Å². The molecule has 2 heterocycles. The maximum Gasteiger partial charge on any atom is 0.261 e. The smallest absolute Gasteiger partial charge is 0.261 e. The highest BCUT2D eigenvalue weighted by Gasteiger charge is 2.15. The summed E-state index contributed by atoms with van der Waals surface area (Å²) in [5.74, 6) is -0.161. The molecule has 1 saturated heterocycles. The molecule has 0 saturated carbocycles. The van der Waals surface area contributed by atoms with Crippen LogP contribution in [0.4, 0.5) is 0 Å². The standard InChI is InChI=1S/C12H17N3O3/c13-11(14-17)10-4-1-6-15(12(10)16)7-5-9-3-2-8-18-9/h1,4,6,9,17H,2-3,5,7-8H2,(H2,13,14). The molecule has 6 nitrogen and oxygen atoms in total. The second-order valence-electron chi connectivity index (χ2n) is 4.33. The number of amidine groups is 1. The third-order valence-corrected chi connectivity index (χ3v) is 3.12. The molecule has 98 valence electrons. The van der Waals surface area contributed by atoms with E-state index in [-0.39, 0.29) is 23.1 Å². The Bertz CT molecular complexity index is 490. The molecule has 0 radical (unpaired) electrons. The van der Waals surface area contributed by atoms with Crippen molar-refractivity contribution in [2.45, 2.75) is 31.9 Å². The molecule has 2 rings (SSSR count). The number of ether oxygens (including phenoxy) is 1. The highest BCUT2D eigenvalue weighted by Crippen LogP contribution is 2.15. The Kier molecular flexibility index (Phi) is 3.99. The topological polar surface area (TPSA) is 89.8 Å². The Labute approximate surface area is 105 Å². The summed E-state index contributed by atoms with van der Waals surface area (Å²) in [4.78, 5) is 12.0. The van der Waals surface area contributed by atoms with Gasteiger partial charge >= 0.3 is 0 Å². The van der Waals surface area contributed by atoms with Crippen LogP contribution in [0.5, 0.6) is 0 Å². The van der Waals surface area contributed by atoms with E-state index in [2.05, 4.69) is 5.16 Å². The summed E-state index contributed by atoms with van der Waals surface area (Å²) in [6, 6.07) is 3.25. The minimum Gasteiger partial charge on any atom is -0.409 e. The second kappa shape index (κ2) is 5.68. The minimum absolute atomic E-state index is 0.161. The van der Waals surface area contributed by atoms with E-state index in [1.54, 1.807) is 22.9 Å². The largest absolute Gasteiger partial charge is 0.409 e. The maximum atomic E-state index is 12.0. The number of rotatable bonds is 4. The number of nitrogens with zero attached hydrogens (tertiary/aromatic N) is 2. The zero-order valence-electron chi connectivity index (χ0n) is 10.1. The number of hydrogen-bond donors (Lipinski definition) is 2. The first-order chi connectivity index (χ1) is 8.72. The molecule has 18 heavy (non-hydrogen) atoms. The number of aryl methyl sites for hydroxylation is 1. The lowest BCUT2D eigenvalue weighted by molar-refractivity contribution is 0.100. The van der Waals surface area contributed by atoms with Crippen molar-refractivity contribution in [2.24, 2.45) is 10.9 Å². The SMILES string of the molecule is N/C(=N/O)c1cccn(CCC2CCCO2)c1=O. The van der Waals surface area contributed by atoms with Gasteiger partial charge in [-0.2, -0.15) is 0 Å². The molecule has 1 aliphatic rings. The van der Waals surface area contributed by atoms with E-state index in [4.69, 9.17) is 15.7 Å². The van der Waals surface area contributed by atoms with E-state index >= 15 is 0 Å². The summed E-state index contributed by atoms with van der Waals surface area (Å²) in [6.07, 6.45) is 4.88. The fourth-order valence-corrected chi connectivity index (χ4v) is 2.12. The van der Waals surface area contributed by atoms with Gasteiger partial charge in [0.2, 0.25) is 0 Å². The molecule has 6 heteroatoms. The zero-order chi connectivity index (χ0) is 13.0. The molecule has 1 aromatic rings. The zero-order valence-corrected chi connectivity index (χ0v) is 10.1. The summed E-state index contributed by atoms with van der Waals surface area (Å²) >= 11 is 0. The number of pyridine rings is 1. The van der Waals surface area contributed by atoms with Gasteiger partial charge in [0.1, 0.15) is 0 Å². The fourth-order valence-electron chi connectivity index (χ4n) is 2.12. The molecule has 1 unspecified atom stereocenters. The summed E-state index contributed by atoms with van der Waals surface area (Å²) in [5.41, 5.74) is 5.41. The third kappa shape index (κ3) is 2.70. The van der Waals surface area contributed by atoms with Gasteiger partial charge in [0, 0.05) is 19.3 Å². The minimum atomic E-state index is -0.245. The van der Waals surface area contributed by atoms with Crippen LogP contribution in [0.3, 0.4) is 0 Å². The van der Waals surface area contributed by atoms with Gasteiger partial charge in [0.05, 0.1) is 11.7 Å². The predicted molar refractivity (Wildman–Crippen MR) is 66.8 cm³/mol. The fraction of sp³-hybridized carbons (Fsp3) is 0.500. The van der Waals surface area contributed by atoms with Crippen molar-refractivity contribution in [2.75, 3.05) is 6.61 Å². The van der Waals surface area contributed by atoms with E-state index in [0.29, 0.717) is 6.54 Å². The van der Waals surface area contributed by atoms with Gasteiger partial charge in [-0.3, -0.25) is 4.79 Å². The van der Waals surface area contributed by atoms with Crippen molar-refractivity contribution in [3.8, 4) is 0 Å². The van der Waals surface area contributed by atoms with Gasteiger partial charge in [0.15, 0.2) is 5.84 Å². The number of aromatic nitrogens is 1. The van der Waals surface area contributed by atoms with Crippen molar-refractivity contribution in [3.63, 3.8) is 0 Å². The molecule has 0 aliphatic carbocycles. The van der Waals surface area contributed by atoms with Gasteiger partial charge in [-0.05, 0) is 31.4 Å². The first-order valence-corrected chi connectivity index (χ1v) is 6.01. The lowest BCUT2D eigenvalue weighted by atomic mass is 10.2. The number of oxime groups is 1. The molecular formula is C12H17N3O3. The normalized spacial score (nSPS) is 20.2. The van der Waals surface area contributed by atoms with Crippen LogP contribution >= 0.6 is 0 Å². The van der Waals surface area contributed by atoms with Crippen LogP contribution in [0.2, 0.25) is 0 Å². The van der Waals surface area contributed by atoms with E-state index in [1.807, 2.05) is 0 Å². The van der Waals surface area contributed by atoms with Crippen molar-refractivity contribution in [1.82, 2.24) is 4.57 Å². The average Bonchev–Trinajstić information content (AvgIpc) is 2.90. The Hall–Kier alpha value is -1.82. The predicted octanol–water partition coefficient (Wildman–Crippen LogP) is 0.512. The molecule has 1 aliphatic heterocycles. The Morgan fingerprint density at radius 2 is 2.50 bits per heavy atom. The number of nitrogens with two attached hydrogens (primary N) is 1. The summed E-state index contributed by atoms with van der Waals surface area (Å²) in [7, 11) is 0. The average molecular weight is 251 g/mol. The van der Waals surface area contributed by atoms with Gasteiger partial charge in [-0.1, -0.05) is 5.16 Å². The number of hydrogen-bond acceptors (Lipinski definition) is 4. The lowest BCUT2D eigenvalue weighted by Gasteiger charge is -2.11. The first kappa shape index (κ1) is 12.6.